The summed E-state index contributed by atoms with van der Waals surface area (Å²) >= 11 is 0.497. The largest absolute Gasteiger partial charge is 0.282 e. The number of thioether (sulfide) groups is 1. The number of hydrogen-bond donors (Lipinski definition) is 0. The van der Waals surface area contributed by atoms with Gasteiger partial charge in [0.1, 0.15) is 0 Å². The topological polar surface area (TPSA) is 17.1 Å². The summed E-state index contributed by atoms with van der Waals surface area (Å²) in [4.78, 5) is 11.6. The number of benzene rings is 1. The van der Waals surface area contributed by atoms with Crippen LogP contribution in [0.25, 0.3) is 0 Å². The lowest BCUT2D eigenvalue weighted by Crippen LogP contribution is -2.45. The van der Waals surface area contributed by atoms with Crippen molar-refractivity contribution in [2.45, 2.75) is 37.5 Å². The average Bonchev–Trinajstić information content (AvgIpc) is 2.45. The number of alkyl halides is 6. The standard InChI is InChI=1S/C14H14F6OS/c1-13(17,18)10(15)11(16)14(19,20)7-8-22-12(21)9-5-3-2-4-6-9/h2-6,10-11H,7-8H2,1H3. The third-order valence-electron chi connectivity index (χ3n) is 2.82. The molecule has 0 fully saturated rings. The van der Waals surface area contributed by atoms with Crippen LogP contribution in [0.2, 0.25) is 0 Å². The fraction of sp³-hybridized carbons (Fsp3) is 0.500. The molecule has 22 heavy (non-hydrogen) atoms. The zero-order valence-corrected chi connectivity index (χ0v) is 12.4. The molecule has 0 spiro atoms. The van der Waals surface area contributed by atoms with Gasteiger partial charge in [-0.15, -0.1) is 0 Å². The van der Waals surface area contributed by atoms with Gasteiger partial charge in [-0.05, 0) is 0 Å². The summed E-state index contributed by atoms with van der Waals surface area (Å²) in [6.07, 6.45) is -8.44. The predicted molar refractivity (Wildman–Crippen MR) is 73.2 cm³/mol. The fourth-order valence-electron chi connectivity index (χ4n) is 1.55. The molecule has 124 valence electrons. The Morgan fingerprint density at radius 2 is 1.64 bits per heavy atom. The molecular formula is C14H14F6OS. The summed E-state index contributed by atoms with van der Waals surface area (Å²) < 4.78 is 78.1. The van der Waals surface area contributed by atoms with Crippen molar-refractivity contribution >= 4 is 16.9 Å². The summed E-state index contributed by atoms with van der Waals surface area (Å²) in [7, 11) is 0. The second kappa shape index (κ2) is 7.39. The second-order valence-electron chi connectivity index (χ2n) is 4.77. The second-order valence-corrected chi connectivity index (χ2v) is 5.84. The molecule has 0 heterocycles. The predicted octanol–water partition coefficient (Wildman–Crippen LogP) is 4.92. The molecule has 0 aliphatic carbocycles. The van der Waals surface area contributed by atoms with Crippen LogP contribution in [-0.2, 0) is 0 Å². The first-order chi connectivity index (χ1) is 10.1. The van der Waals surface area contributed by atoms with Gasteiger partial charge in [-0.25, -0.2) is 26.3 Å². The van der Waals surface area contributed by atoms with Crippen molar-refractivity contribution in [3.8, 4) is 0 Å². The average molecular weight is 344 g/mol. The molecule has 0 N–H and O–H groups in total. The molecule has 0 bridgehead atoms. The van der Waals surface area contributed by atoms with Crippen LogP contribution in [0.5, 0.6) is 0 Å². The van der Waals surface area contributed by atoms with Crippen molar-refractivity contribution < 1.29 is 31.1 Å². The van der Waals surface area contributed by atoms with Crippen LogP contribution in [0.1, 0.15) is 23.7 Å². The lowest BCUT2D eigenvalue weighted by Gasteiger charge is -2.26. The molecule has 2 atom stereocenters. The highest BCUT2D eigenvalue weighted by Crippen LogP contribution is 2.36. The van der Waals surface area contributed by atoms with Crippen LogP contribution in [0, 0.1) is 0 Å². The Kier molecular flexibility index (Phi) is 6.34. The summed E-state index contributed by atoms with van der Waals surface area (Å²) in [5.41, 5.74) is 0.274. The van der Waals surface area contributed by atoms with Crippen LogP contribution >= 0.6 is 11.8 Å². The van der Waals surface area contributed by atoms with Gasteiger partial charge in [-0.2, -0.15) is 0 Å². The number of rotatable bonds is 7. The van der Waals surface area contributed by atoms with Gasteiger partial charge in [-0.3, -0.25) is 4.79 Å². The summed E-state index contributed by atoms with van der Waals surface area (Å²) in [6.45, 7) is 0.0357. The molecule has 0 saturated carbocycles. The zero-order chi connectivity index (χ0) is 17.0. The SMILES string of the molecule is CC(F)(F)C(F)C(F)C(F)(F)CCSC(=O)c1ccccc1. The van der Waals surface area contributed by atoms with Crippen molar-refractivity contribution in [3.05, 3.63) is 35.9 Å². The normalized spacial score (nSPS) is 15.4. The van der Waals surface area contributed by atoms with E-state index in [1.54, 1.807) is 18.2 Å². The first kappa shape index (κ1) is 18.9. The molecule has 0 aliphatic heterocycles. The van der Waals surface area contributed by atoms with Gasteiger partial charge in [-0.1, -0.05) is 42.1 Å². The molecule has 1 nitrogen and oxygen atoms in total. The molecule has 0 amide bonds. The molecule has 1 aromatic rings. The molecule has 0 aliphatic rings. The maximum atomic E-state index is 13.4. The quantitative estimate of drug-likeness (QED) is 0.653. The van der Waals surface area contributed by atoms with E-state index in [1.807, 2.05) is 0 Å². The van der Waals surface area contributed by atoms with Crippen LogP contribution in [0.3, 0.4) is 0 Å². The highest BCUT2D eigenvalue weighted by Gasteiger charge is 2.53. The van der Waals surface area contributed by atoms with E-state index in [9.17, 15) is 31.1 Å². The Morgan fingerprint density at radius 1 is 1.09 bits per heavy atom. The van der Waals surface area contributed by atoms with Crippen molar-refractivity contribution in [2.24, 2.45) is 0 Å². The molecule has 8 heteroatoms. The lowest BCUT2D eigenvalue weighted by molar-refractivity contribution is -0.159. The van der Waals surface area contributed by atoms with Gasteiger partial charge in [0.05, 0.1) is 0 Å². The van der Waals surface area contributed by atoms with E-state index in [0.29, 0.717) is 11.8 Å². The minimum absolute atomic E-state index is 0.0357. The van der Waals surface area contributed by atoms with Gasteiger partial charge in [0.15, 0.2) is 6.17 Å². The van der Waals surface area contributed by atoms with E-state index in [-0.39, 0.29) is 12.5 Å². The Labute approximate surface area is 128 Å². The first-order valence-electron chi connectivity index (χ1n) is 6.31. The number of carbonyl (C=O) groups is 1. The van der Waals surface area contributed by atoms with E-state index in [1.165, 1.54) is 12.1 Å². The van der Waals surface area contributed by atoms with Crippen LogP contribution < -0.4 is 0 Å². The third kappa shape index (κ3) is 5.23. The fourth-order valence-corrected chi connectivity index (χ4v) is 2.41. The van der Waals surface area contributed by atoms with Gasteiger partial charge < -0.3 is 0 Å². The minimum atomic E-state index is -4.27. The highest BCUT2D eigenvalue weighted by atomic mass is 32.2. The summed E-state index contributed by atoms with van der Waals surface area (Å²) in [6, 6.07) is 7.77. The highest BCUT2D eigenvalue weighted by molar-refractivity contribution is 8.14. The number of halogens is 6. The van der Waals surface area contributed by atoms with E-state index < -0.39 is 41.5 Å². The van der Waals surface area contributed by atoms with E-state index in [0.717, 1.165) is 0 Å². The molecular weight excluding hydrogens is 330 g/mol. The molecule has 0 saturated heterocycles. The van der Waals surface area contributed by atoms with E-state index in [4.69, 9.17) is 0 Å². The van der Waals surface area contributed by atoms with Crippen LogP contribution in [0.4, 0.5) is 26.3 Å². The number of carbonyl (C=O) groups excluding carboxylic acids is 1. The lowest BCUT2D eigenvalue weighted by atomic mass is 10.0. The monoisotopic (exact) mass is 344 g/mol. The Bertz CT molecular complexity index is 488. The van der Waals surface area contributed by atoms with E-state index >= 15 is 0 Å². The maximum Gasteiger partial charge on any atom is 0.282 e. The first-order valence-corrected chi connectivity index (χ1v) is 7.30. The van der Waals surface area contributed by atoms with Gasteiger partial charge in [0.2, 0.25) is 11.3 Å². The molecule has 1 rings (SSSR count). The van der Waals surface area contributed by atoms with Crippen LogP contribution in [-0.4, -0.2) is 35.1 Å². The van der Waals surface area contributed by atoms with Gasteiger partial charge in [0.25, 0.3) is 11.8 Å². The zero-order valence-electron chi connectivity index (χ0n) is 11.5. The third-order valence-corrected chi connectivity index (χ3v) is 3.73. The Balaban J connectivity index is 2.54. The summed E-state index contributed by atoms with van der Waals surface area (Å²) in [5.74, 6) is -8.98. The Hall–Kier alpha value is -1.18. The molecule has 0 aromatic heterocycles. The maximum absolute atomic E-state index is 13.4. The number of hydrogen-bond acceptors (Lipinski definition) is 2. The smallest absolute Gasteiger partial charge is 0.282 e. The Morgan fingerprint density at radius 3 is 2.14 bits per heavy atom. The molecule has 0 radical (unpaired) electrons. The molecule has 1 aromatic carbocycles. The van der Waals surface area contributed by atoms with Gasteiger partial charge in [0, 0.05) is 24.7 Å². The van der Waals surface area contributed by atoms with Crippen molar-refractivity contribution in [2.75, 3.05) is 5.75 Å². The minimum Gasteiger partial charge on any atom is -0.282 e. The summed E-state index contributed by atoms with van der Waals surface area (Å²) in [5, 5.41) is -0.510. The van der Waals surface area contributed by atoms with Gasteiger partial charge >= 0.3 is 0 Å². The van der Waals surface area contributed by atoms with Crippen LogP contribution in [0.15, 0.2) is 30.3 Å². The van der Waals surface area contributed by atoms with E-state index in [2.05, 4.69) is 0 Å². The van der Waals surface area contributed by atoms with Crippen molar-refractivity contribution in [3.63, 3.8) is 0 Å². The van der Waals surface area contributed by atoms with Crippen molar-refractivity contribution in [1.29, 1.82) is 0 Å². The van der Waals surface area contributed by atoms with Crippen molar-refractivity contribution in [1.82, 2.24) is 0 Å². The molecule has 2 unspecified atom stereocenters.